The third-order valence-electron chi connectivity index (χ3n) is 3.18. The molecule has 120 valence electrons. The molecular weight excluding hydrogens is 297 g/mol. The quantitative estimate of drug-likeness (QED) is 0.791. The van der Waals surface area contributed by atoms with Gasteiger partial charge in [-0.25, -0.2) is 12.7 Å². The standard InChI is InChI=1S/C11H21F3N2O3S/c1-20(17,18)16-4-2-3-9(6-16)5-10(15)7-19-8-11(12,13)14/h9-10H,2-8,15H2,1H3. The largest absolute Gasteiger partial charge is 0.411 e. The van der Waals surface area contributed by atoms with Gasteiger partial charge in [0.1, 0.15) is 6.61 Å². The molecule has 0 aliphatic carbocycles. The smallest absolute Gasteiger partial charge is 0.370 e. The molecule has 20 heavy (non-hydrogen) atoms. The van der Waals surface area contributed by atoms with Crippen molar-refractivity contribution in [2.75, 3.05) is 32.6 Å². The monoisotopic (exact) mass is 318 g/mol. The Labute approximate surface area is 117 Å². The summed E-state index contributed by atoms with van der Waals surface area (Å²) in [5.41, 5.74) is 5.73. The van der Waals surface area contributed by atoms with Crippen LogP contribution in [0.4, 0.5) is 13.2 Å². The fourth-order valence-corrected chi connectivity index (χ4v) is 3.29. The van der Waals surface area contributed by atoms with E-state index in [0.29, 0.717) is 19.5 Å². The first kappa shape index (κ1) is 17.7. The summed E-state index contributed by atoms with van der Waals surface area (Å²) in [5.74, 6) is 0.0722. The van der Waals surface area contributed by atoms with Gasteiger partial charge in [0.05, 0.1) is 12.9 Å². The summed E-state index contributed by atoms with van der Waals surface area (Å²) in [5, 5.41) is 0. The van der Waals surface area contributed by atoms with Crippen LogP contribution in [0.25, 0.3) is 0 Å². The first-order valence-corrected chi connectivity index (χ1v) is 8.28. The number of nitrogens with zero attached hydrogens (tertiary/aromatic N) is 1. The predicted molar refractivity (Wildman–Crippen MR) is 68.6 cm³/mol. The summed E-state index contributed by atoms with van der Waals surface area (Å²) in [4.78, 5) is 0. The van der Waals surface area contributed by atoms with Crippen LogP contribution in [-0.4, -0.2) is 57.5 Å². The molecule has 9 heteroatoms. The average molecular weight is 318 g/mol. The van der Waals surface area contributed by atoms with Gasteiger partial charge in [-0.05, 0) is 25.2 Å². The Hall–Kier alpha value is -0.380. The van der Waals surface area contributed by atoms with Gasteiger partial charge in [0.2, 0.25) is 10.0 Å². The van der Waals surface area contributed by atoms with Gasteiger partial charge in [-0.2, -0.15) is 13.2 Å². The van der Waals surface area contributed by atoms with Gasteiger partial charge in [-0.3, -0.25) is 0 Å². The van der Waals surface area contributed by atoms with E-state index in [0.717, 1.165) is 19.1 Å². The first-order chi connectivity index (χ1) is 9.08. The minimum absolute atomic E-state index is 0.0722. The maximum absolute atomic E-state index is 11.9. The molecule has 0 aromatic heterocycles. The van der Waals surface area contributed by atoms with Gasteiger partial charge in [0.15, 0.2) is 0 Å². The highest BCUT2D eigenvalue weighted by atomic mass is 32.2. The zero-order valence-corrected chi connectivity index (χ0v) is 12.2. The molecule has 0 amide bonds. The van der Waals surface area contributed by atoms with Crippen LogP contribution < -0.4 is 5.73 Å². The number of hydrogen-bond acceptors (Lipinski definition) is 4. The highest BCUT2D eigenvalue weighted by molar-refractivity contribution is 7.88. The van der Waals surface area contributed by atoms with E-state index in [1.165, 1.54) is 4.31 Å². The van der Waals surface area contributed by atoms with Crippen LogP contribution >= 0.6 is 0 Å². The highest BCUT2D eigenvalue weighted by Gasteiger charge is 2.29. The van der Waals surface area contributed by atoms with Crippen LogP contribution in [0.5, 0.6) is 0 Å². The molecule has 0 aromatic rings. The molecule has 0 radical (unpaired) electrons. The minimum Gasteiger partial charge on any atom is -0.370 e. The number of sulfonamides is 1. The van der Waals surface area contributed by atoms with Crippen molar-refractivity contribution in [3.8, 4) is 0 Å². The van der Waals surface area contributed by atoms with Gasteiger partial charge in [0, 0.05) is 19.1 Å². The molecular formula is C11H21F3N2O3S. The normalized spacial score (nSPS) is 23.8. The first-order valence-electron chi connectivity index (χ1n) is 6.43. The SMILES string of the molecule is CS(=O)(=O)N1CCCC(CC(N)COCC(F)(F)F)C1. The van der Waals surface area contributed by atoms with Gasteiger partial charge < -0.3 is 10.5 Å². The van der Waals surface area contributed by atoms with E-state index < -0.39 is 28.8 Å². The van der Waals surface area contributed by atoms with E-state index in [4.69, 9.17) is 5.73 Å². The number of halogens is 3. The van der Waals surface area contributed by atoms with Crippen LogP contribution in [-0.2, 0) is 14.8 Å². The molecule has 1 aliphatic heterocycles. The van der Waals surface area contributed by atoms with E-state index in [1.54, 1.807) is 0 Å². The molecule has 1 rings (SSSR count). The Morgan fingerprint density at radius 1 is 1.45 bits per heavy atom. The Morgan fingerprint density at radius 3 is 2.65 bits per heavy atom. The third-order valence-corrected chi connectivity index (χ3v) is 4.45. The van der Waals surface area contributed by atoms with E-state index in [-0.39, 0.29) is 12.5 Å². The zero-order chi connectivity index (χ0) is 15.4. The van der Waals surface area contributed by atoms with Crippen molar-refractivity contribution in [3.63, 3.8) is 0 Å². The van der Waals surface area contributed by atoms with Crippen molar-refractivity contribution in [2.24, 2.45) is 11.7 Å². The van der Waals surface area contributed by atoms with Crippen molar-refractivity contribution >= 4 is 10.0 Å². The lowest BCUT2D eigenvalue weighted by atomic mass is 9.93. The van der Waals surface area contributed by atoms with Crippen molar-refractivity contribution in [2.45, 2.75) is 31.5 Å². The van der Waals surface area contributed by atoms with Crippen molar-refractivity contribution < 1.29 is 26.3 Å². The van der Waals surface area contributed by atoms with Crippen LogP contribution in [0.1, 0.15) is 19.3 Å². The van der Waals surface area contributed by atoms with Crippen molar-refractivity contribution in [1.82, 2.24) is 4.31 Å². The number of hydrogen-bond donors (Lipinski definition) is 1. The maximum Gasteiger partial charge on any atom is 0.411 e. The number of ether oxygens (including phenoxy) is 1. The summed E-state index contributed by atoms with van der Waals surface area (Å²) in [6, 6.07) is -0.512. The summed E-state index contributed by atoms with van der Waals surface area (Å²) in [6.45, 7) is -0.601. The van der Waals surface area contributed by atoms with Crippen LogP contribution in [0.2, 0.25) is 0 Å². The topological polar surface area (TPSA) is 72.6 Å². The second-order valence-electron chi connectivity index (χ2n) is 5.26. The van der Waals surface area contributed by atoms with Crippen LogP contribution in [0, 0.1) is 5.92 Å². The molecule has 0 aromatic carbocycles. The Kier molecular flexibility index (Phi) is 6.24. The number of piperidine rings is 1. The molecule has 0 bridgehead atoms. The minimum atomic E-state index is -4.35. The fraction of sp³-hybridized carbons (Fsp3) is 1.00. The van der Waals surface area contributed by atoms with Gasteiger partial charge >= 0.3 is 6.18 Å². The zero-order valence-electron chi connectivity index (χ0n) is 11.4. The molecule has 5 nitrogen and oxygen atoms in total. The number of nitrogens with two attached hydrogens (primary N) is 1. The van der Waals surface area contributed by atoms with Gasteiger partial charge in [-0.15, -0.1) is 0 Å². The summed E-state index contributed by atoms with van der Waals surface area (Å²) in [7, 11) is -3.22. The maximum atomic E-state index is 11.9. The Morgan fingerprint density at radius 2 is 2.10 bits per heavy atom. The lowest BCUT2D eigenvalue weighted by Gasteiger charge is -2.32. The summed E-state index contributed by atoms with van der Waals surface area (Å²) >= 11 is 0. The van der Waals surface area contributed by atoms with Crippen LogP contribution in [0.15, 0.2) is 0 Å². The van der Waals surface area contributed by atoms with Crippen molar-refractivity contribution in [1.29, 1.82) is 0 Å². The molecule has 1 aliphatic rings. The van der Waals surface area contributed by atoms with E-state index in [2.05, 4.69) is 4.74 Å². The average Bonchev–Trinajstić information content (AvgIpc) is 2.26. The van der Waals surface area contributed by atoms with E-state index in [9.17, 15) is 21.6 Å². The van der Waals surface area contributed by atoms with E-state index in [1.807, 2.05) is 0 Å². The number of rotatable bonds is 6. The predicted octanol–water partition coefficient (Wildman–Crippen LogP) is 0.954. The highest BCUT2D eigenvalue weighted by Crippen LogP contribution is 2.22. The molecule has 2 atom stereocenters. The molecule has 2 unspecified atom stereocenters. The molecule has 2 N–H and O–H groups in total. The second-order valence-corrected chi connectivity index (χ2v) is 7.24. The summed E-state index contributed by atoms with van der Waals surface area (Å²) < 4.78 is 64.5. The van der Waals surface area contributed by atoms with Gasteiger partial charge in [-0.1, -0.05) is 0 Å². The van der Waals surface area contributed by atoms with E-state index >= 15 is 0 Å². The van der Waals surface area contributed by atoms with Crippen LogP contribution in [0.3, 0.4) is 0 Å². The molecule has 1 fully saturated rings. The molecule has 1 saturated heterocycles. The fourth-order valence-electron chi connectivity index (χ4n) is 2.34. The third kappa shape index (κ3) is 6.87. The molecule has 1 heterocycles. The lowest BCUT2D eigenvalue weighted by molar-refractivity contribution is -0.175. The second kappa shape index (κ2) is 7.06. The Bertz CT molecular complexity index is 400. The molecule has 0 saturated carbocycles. The molecule has 0 spiro atoms. The number of alkyl halides is 3. The van der Waals surface area contributed by atoms with Gasteiger partial charge in [0.25, 0.3) is 0 Å². The summed E-state index contributed by atoms with van der Waals surface area (Å²) in [6.07, 6.45) is -1.16. The Balaban J connectivity index is 2.33. The van der Waals surface area contributed by atoms with Crippen molar-refractivity contribution in [3.05, 3.63) is 0 Å². The lowest BCUT2D eigenvalue weighted by Crippen LogP contribution is -2.41.